The molecule has 0 unspecified atom stereocenters. The van der Waals surface area contributed by atoms with Gasteiger partial charge >= 0.3 is 0 Å². The number of hydrogen-bond donors (Lipinski definition) is 1. The zero-order chi connectivity index (χ0) is 18.5. The number of hydrogen-bond acceptors (Lipinski definition) is 5. The Balaban J connectivity index is 1.44. The van der Waals surface area contributed by atoms with Crippen molar-refractivity contribution in [3.05, 3.63) is 29.3 Å². The Morgan fingerprint density at radius 2 is 1.85 bits per heavy atom. The predicted molar refractivity (Wildman–Crippen MR) is 97.3 cm³/mol. The monoisotopic (exact) mass is 381 g/mol. The van der Waals surface area contributed by atoms with Crippen LogP contribution in [0.2, 0.25) is 5.02 Å². The summed E-state index contributed by atoms with van der Waals surface area (Å²) in [6.07, 6.45) is -0.135. The first-order valence-electron chi connectivity index (χ1n) is 8.84. The highest BCUT2D eigenvalue weighted by Crippen LogP contribution is 2.16. The molecule has 0 spiro atoms. The molecular weight excluding hydrogens is 358 g/mol. The minimum absolute atomic E-state index is 0.0232. The summed E-state index contributed by atoms with van der Waals surface area (Å²) in [5, 5.41) is 3.84. The minimum Gasteiger partial charge on any atom is -0.484 e. The molecule has 2 saturated heterocycles. The number of carbonyl (C=O) groups excluding carboxylic acids is 2. The van der Waals surface area contributed by atoms with Crippen LogP contribution in [-0.4, -0.2) is 79.7 Å². The van der Waals surface area contributed by atoms with Gasteiger partial charge in [-0.25, -0.2) is 0 Å². The molecule has 3 rings (SSSR count). The lowest BCUT2D eigenvalue weighted by Gasteiger charge is -2.38. The first-order valence-corrected chi connectivity index (χ1v) is 9.22. The molecule has 2 aliphatic heterocycles. The smallest absolute Gasteiger partial charge is 0.260 e. The third kappa shape index (κ3) is 4.66. The van der Waals surface area contributed by atoms with Crippen molar-refractivity contribution < 1.29 is 19.1 Å². The van der Waals surface area contributed by atoms with Crippen molar-refractivity contribution in [3.8, 4) is 5.75 Å². The number of rotatable bonds is 4. The summed E-state index contributed by atoms with van der Waals surface area (Å²) in [5.74, 6) is 0.565. The zero-order valence-corrected chi connectivity index (χ0v) is 15.6. The van der Waals surface area contributed by atoms with E-state index in [4.69, 9.17) is 21.1 Å². The van der Waals surface area contributed by atoms with Crippen molar-refractivity contribution in [2.24, 2.45) is 0 Å². The second-order valence-corrected chi connectivity index (χ2v) is 6.89. The number of benzene rings is 1. The van der Waals surface area contributed by atoms with Gasteiger partial charge in [-0.2, -0.15) is 0 Å². The Bertz CT molecular complexity index is 632. The molecule has 0 radical (unpaired) electrons. The van der Waals surface area contributed by atoms with Crippen molar-refractivity contribution in [2.45, 2.75) is 19.1 Å². The molecule has 142 valence electrons. The van der Waals surface area contributed by atoms with Gasteiger partial charge in [0.25, 0.3) is 5.91 Å². The maximum absolute atomic E-state index is 12.6. The fourth-order valence-electron chi connectivity index (χ4n) is 3.15. The number of morpholine rings is 1. The Hall–Kier alpha value is -1.83. The van der Waals surface area contributed by atoms with Gasteiger partial charge in [-0.05, 0) is 31.2 Å². The molecule has 2 amide bonds. The first-order chi connectivity index (χ1) is 12.5. The molecule has 2 heterocycles. The Kier molecular flexibility index (Phi) is 6.34. The SMILES string of the molecule is C[C@H]1OCCN[C@@H]1C(=O)N1CCN(C(=O)COc2ccc(Cl)cc2)CC1. The molecule has 2 fully saturated rings. The van der Waals surface area contributed by atoms with Gasteiger partial charge in [0.2, 0.25) is 5.91 Å². The van der Waals surface area contributed by atoms with E-state index in [1.807, 2.05) is 6.92 Å². The van der Waals surface area contributed by atoms with Gasteiger partial charge in [0.15, 0.2) is 6.61 Å². The lowest BCUT2D eigenvalue weighted by Crippen LogP contribution is -2.60. The number of carbonyl (C=O) groups is 2. The molecule has 0 aromatic heterocycles. The van der Waals surface area contributed by atoms with Crippen molar-refractivity contribution >= 4 is 23.4 Å². The van der Waals surface area contributed by atoms with Gasteiger partial charge in [0.1, 0.15) is 11.8 Å². The van der Waals surface area contributed by atoms with Crippen LogP contribution in [-0.2, 0) is 14.3 Å². The molecule has 2 aliphatic rings. The van der Waals surface area contributed by atoms with E-state index in [1.165, 1.54) is 0 Å². The van der Waals surface area contributed by atoms with E-state index < -0.39 is 0 Å². The molecule has 0 saturated carbocycles. The molecule has 26 heavy (non-hydrogen) atoms. The van der Waals surface area contributed by atoms with Crippen LogP contribution in [0.4, 0.5) is 0 Å². The Morgan fingerprint density at radius 3 is 2.50 bits per heavy atom. The van der Waals surface area contributed by atoms with Crippen molar-refractivity contribution in [3.63, 3.8) is 0 Å². The highest BCUT2D eigenvalue weighted by Gasteiger charge is 2.33. The lowest BCUT2D eigenvalue weighted by molar-refractivity contribution is -0.145. The van der Waals surface area contributed by atoms with E-state index in [2.05, 4.69) is 5.32 Å². The number of ether oxygens (including phenoxy) is 2. The van der Waals surface area contributed by atoms with E-state index in [1.54, 1.807) is 34.1 Å². The van der Waals surface area contributed by atoms with Gasteiger partial charge in [-0.15, -0.1) is 0 Å². The molecule has 1 N–H and O–H groups in total. The number of nitrogens with zero attached hydrogens (tertiary/aromatic N) is 2. The van der Waals surface area contributed by atoms with Crippen molar-refractivity contribution in [1.29, 1.82) is 0 Å². The summed E-state index contributed by atoms with van der Waals surface area (Å²) in [6, 6.07) is 6.59. The van der Waals surface area contributed by atoms with Gasteiger partial charge in [-0.3, -0.25) is 9.59 Å². The van der Waals surface area contributed by atoms with E-state index in [9.17, 15) is 9.59 Å². The van der Waals surface area contributed by atoms with Crippen LogP contribution in [0.5, 0.6) is 5.75 Å². The van der Waals surface area contributed by atoms with Crippen LogP contribution in [0, 0.1) is 0 Å². The fraction of sp³-hybridized carbons (Fsp3) is 0.556. The van der Waals surface area contributed by atoms with Gasteiger partial charge in [-0.1, -0.05) is 11.6 Å². The normalized spacial score (nSPS) is 23.6. The van der Waals surface area contributed by atoms with Crippen LogP contribution in [0.25, 0.3) is 0 Å². The number of halogens is 1. The van der Waals surface area contributed by atoms with Crippen LogP contribution >= 0.6 is 11.6 Å². The molecular formula is C18H24ClN3O4. The molecule has 8 heteroatoms. The Morgan fingerprint density at radius 1 is 1.19 bits per heavy atom. The van der Waals surface area contributed by atoms with Crippen molar-refractivity contribution in [2.75, 3.05) is 45.9 Å². The largest absolute Gasteiger partial charge is 0.484 e. The molecule has 0 bridgehead atoms. The fourth-order valence-corrected chi connectivity index (χ4v) is 3.28. The highest BCUT2D eigenvalue weighted by atomic mass is 35.5. The van der Waals surface area contributed by atoms with Crippen LogP contribution < -0.4 is 10.1 Å². The van der Waals surface area contributed by atoms with Crippen LogP contribution in [0.1, 0.15) is 6.92 Å². The summed E-state index contributed by atoms with van der Waals surface area (Å²) >= 11 is 5.83. The van der Waals surface area contributed by atoms with Gasteiger partial charge < -0.3 is 24.6 Å². The molecule has 0 aliphatic carbocycles. The third-order valence-electron chi connectivity index (χ3n) is 4.70. The average molecular weight is 382 g/mol. The lowest BCUT2D eigenvalue weighted by atomic mass is 10.1. The molecule has 1 aromatic rings. The predicted octanol–water partition coefficient (Wildman–Crippen LogP) is 0.767. The minimum atomic E-state index is -0.306. The van der Waals surface area contributed by atoms with E-state index in [0.717, 1.165) is 0 Å². The summed E-state index contributed by atoms with van der Waals surface area (Å²) < 4.78 is 11.0. The molecule has 2 atom stereocenters. The van der Waals surface area contributed by atoms with Crippen LogP contribution in [0.15, 0.2) is 24.3 Å². The van der Waals surface area contributed by atoms with E-state index in [0.29, 0.717) is 50.1 Å². The summed E-state index contributed by atoms with van der Waals surface area (Å²) in [6.45, 7) is 5.26. The maximum Gasteiger partial charge on any atom is 0.260 e. The number of amides is 2. The maximum atomic E-state index is 12.6. The Labute approximate surface area is 158 Å². The highest BCUT2D eigenvalue weighted by molar-refractivity contribution is 6.30. The topological polar surface area (TPSA) is 71.1 Å². The van der Waals surface area contributed by atoms with Crippen molar-refractivity contribution in [1.82, 2.24) is 15.1 Å². The first kappa shape index (κ1) is 18.9. The molecule has 1 aromatic carbocycles. The summed E-state index contributed by atoms with van der Waals surface area (Å²) in [5.41, 5.74) is 0. The molecule has 7 nitrogen and oxygen atoms in total. The van der Waals surface area contributed by atoms with E-state index in [-0.39, 0.29) is 30.6 Å². The second-order valence-electron chi connectivity index (χ2n) is 6.46. The van der Waals surface area contributed by atoms with Gasteiger partial charge in [0, 0.05) is 37.7 Å². The van der Waals surface area contributed by atoms with E-state index >= 15 is 0 Å². The number of nitrogens with one attached hydrogen (secondary N) is 1. The van der Waals surface area contributed by atoms with Crippen LogP contribution in [0.3, 0.4) is 0 Å². The average Bonchev–Trinajstić information content (AvgIpc) is 2.67. The van der Waals surface area contributed by atoms with Gasteiger partial charge in [0.05, 0.1) is 12.7 Å². The third-order valence-corrected chi connectivity index (χ3v) is 4.95. The quantitative estimate of drug-likeness (QED) is 0.834. The zero-order valence-electron chi connectivity index (χ0n) is 14.8. The summed E-state index contributed by atoms with van der Waals surface area (Å²) in [7, 11) is 0. The summed E-state index contributed by atoms with van der Waals surface area (Å²) in [4.78, 5) is 28.5. The standard InChI is InChI=1S/C18H24ClN3O4/c1-13-17(20-6-11-25-13)18(24)22-9-7-21(8-10-22)16(23)12-26-15-4-2-14(19)3-5-15/h2-5,13,17,20H,6-12H2,1H3/t13-,17+/m1/s1. The number of piperazine rings is 1. The second kappa shape index (κ2) is 8.70.